The fourth-order valence-electron chi connectivity index (χ4n) is 1.94. The van der Waals surface area contributed by atoms with Crippen LogP contribution in [0.4, 0.5) is 0 Å². The Labute approximate surface area is 108 Å². The maximum absolute atomic E-state index is 10.3. The number of β-amino-alcohol motifs (C(OH)–C–C–N with tert-alkyl or cyclic N) is 1. The maximum Gasteiger partial charge on any atom is 0.0921 e. The molecule has 1 heterocycles. The van der Waals surface area contributed by atoms with E-state index in [1.807, 2.05) is 30.5 Å². The molecule has 18 heavy (non-hydrogen) atoms. The summed E-state index contributed by atoms with van der Waals surface area (Å²) >= 11 is 0. The van der Waals surface area contributed by atoms with E-state index in [1.165, 1.54) is 0 Å². The minimum atomic E-state index is -0.517. The normalized spacial score (nSPS) is 13.8. The van der Waals surface area contributed by atoms with Crippen molar-refractivity contribution in [3.8, 4) is 0 Å². The summed E-state index contributed by atoms with van der Waals surface area (Å²) in [5.41, 5.74) is 0.932. The van der Waals surface area contributed by atoms with Crippen molar-refractivity contribution in [3.05, 3.63) is 42.2 Å². The zero-order valence-electron chi connectivity index (χ0n) is 11.1. The molecule has 1 atom stereocenters. The summed E-state index contributed by atoms with van der Waals surface area (Å²) in [7, 11) is 0. The third kappa shape index (κ3) is 3.06. The number of hydrogen-bond acceptors (Lipinski definition) is 3. The van der Waals surface area contributed by atoms with Crippen LogP contribution in [0.3, 0.4) is 0 Å². The fourth-order valence-corrected chi connectivity index (χ4v) is 1.94. The SMILES string of the molecule is CC(C)(C)NCC(O)c1cccc2ccncc12. The van der Waals surface area contributed by atoms with Crippen LogP contribution in [-0.4, -0.2) is 22.2 Å². The molecule has 1 unspecified atom stereocenters. The van der Waals surface area contributed by atoms with E-state index in [2.05, 4.69) is 31.1 Å². The summed E-state index contributed by atoms with van der Waals surface area (Å²) in [6.45, 7) is 6.80. The highest BCUT2D eigenvalue weighted by Gasteiger charge is 2.15. The van der Waals surface area contributed by atoms with Crippen LogP contribution >= 0.6 is 0 Å². The molecule has 96 valence electrons. The van der Waals surface area contributed by atoms with Crippen LogP contribution in [-0.2, 0) is 0 Å². The van der Waals surface area contributed by atoms with Gasteiger partial charge in [0.25, 0.3) is 0 Å². The van der Waals surface area contributed by atoms with E-state index in [0.29, 0.717) is 6.54 Å². The van der Waals surface area contributed by atoms with Gasteiger partial charge in [-0.2, -0.15) is 0 Å². The lowest BCUT2D eigenvalue weighted by atomic mass is 10.0. The van der Waals surface area contributed by atoms with E-state index >= 15 is 0 Å². The molecular formula is C15H20N2O. The molecule has 0 radical (unpaired) electrons. The van der Waals surface area contributed by atoms with Gasteiger partial charge < -0.3 is 10.4 Å². The highest BCUT2D eigenvalue weighted by Crippen LogP contribution is 2.23. The molecule has 0 fully saturated rings. The largest absolute Gasteiger partial charge is 0.387 e. The Morgan fingerprint density at radius 3 is 2.78 bits per heavy atom. The molecule has 3 nitrogen and oxygen atoms in total. The molecule has 0 amide bonds. The first-order valence-electron chi connectivity index (χ1n) is 6.23. The number of nitrogens with zero attached hydrogens (tertiary/aromatic N) is 1. The van der Waals surface area contributed by atoms with E-state index in [9.17, 15) is 5.11 Å². The summed E-state index contributed by atoms with van der Waals surface area (Å²) in [6.07, 6.45) is 3.06. The Balaban J connectivity index is 2.25. The molecule has 0 aliphatic rings. The molecule has 1 aromatic heterocycles. The molecule has 0 aliphatic heterocycles. The molecule has 2 aromatic rings. The standard InChI is InChI=1S/C15H20N2O/c1-15(2,3)17-10-14(18)12-6-4-5-11-7-8-16-9-13(11)12/h4-9,14,17-18H,10H2,1-3H3. The lowest BCUT2D eigenvalue weighted by molar-refractivity contribution is 0.164. The highest BCUT2D eigenvalue weighted by molar-refractivity contribution is 5.85. The van der Waals surface area contributed by atoms with Crippen molar-refractivity contribution in [2.45, 2.75) is 32.4 Å². The van der Waals surface area contributed by atoms with E-state index in [4.69, 9.17) is 0 Å². The second kappa shape index (κ2) is 5.04. The van der Waals surface area contributed by atoms with Crippen molar-refractivity contribution in [3.63, 3.8) is 0 Å². The molecule has 0 aliphatic carbocycles. The summed E-state index contributed by atoms with van der Waals surface area (Å²) < 4.78 is 0. The van der Waals surface area contributed by atoms with Crippen LogP contribution in [0.15, 0.2) is 36.7 Å². The Hall–Kier alpha value is -1.45. The molecular weight excluding hydrogens is 224 g/mol. The third-order valence-corrected chi connectivity index (χ3v) is 2.90. The average molecular weight is 244 g/mol. The van der Waals surface area contributed by atoms with Gasteiger partial charge in [-0.15, -0.1) is 0 Å². The van der Waals surface area contributed by atoms with Crippen LogP contribution in [0.5, 0.6) is 0 Å². The van der Waals surface area contributed by atoms with Crippen LogP contribution in [0.2, 0.25) is 0 Å². The monoisotopic (exact) mass is 244 g/mol. The molecule has 0 saturated carbocycles. The molecule has 0 spiro atoms. The van der Waals surface area contributed by atoms with Crippen LogP contribution in [0.1, 0.15) is 32.4 Å². The number of hydrogen-bond donors (Lipinski definition) is 2. The summed E-state index contributed by atoms with van der Waals surface area (Å²) in [4.78, 5) is 4.13. The van der Waals surface area contributed by atoms with Gasteiger partial charge in [0.05, 0.1) is 6.10 Å². The van der Waals surface area contributed by atoms with Crippen molar-refractivity contribution in [2.24, 2.45) is 0 Å². The van der Waals surface area contributed by atoms with Gasteiger partial charge in [-0.25, -0.2) is 0 Å². The summed E-state index contributed by atoms with van der Waals surface area (Å²) in [5.74, 6) is 0. The van der Waals surface area contributed by atoms with Gasteiger partial charge in [0, 0.05) is 29.9 Å². The fraction of sp³-hybridized carbons (Fsp3) is 0.400. The van der Waals surface area contributed by atoms with Gasteiger partial charge in [0.2, 0.25) is 0 Å². The number of nitrogens with one attached hydrogen (secondary N) is 1. The van der Waals surface area contributed by atoms with E-state index in [0.717, 1.165) is 16.3 Å². The number of pyridine rings is 1. The summed E-state index contributed by atoms with van der Waals surface area (Å²) in [6, 6.07) is 7.92. The van der Waals surface area contributed by atoms with Gasteiger partial charge in [0.15, 0.2) is 0 Å². The van der Waals surface area contributed by atoms with Gasteiger partial charge in [-0.3, -0.25) is 4.98 Å². The second-order valence-electron chi connectivity index (χ2n) is 5.59. The predicted octanol–water partition coefficient (Wildman–Crippen LogP) is 2.66. The Morgan fingerprint density at radius 1 is 1.28 bits per heavy atom. The van der Waals surface area contributed by atoms with Gasteiger partial charge in [0.1, 0.15) is 0 Å². The highest BCUT2D eigenvalue weighted by atomic mass is 16.3. The number of benzene rings is 1. The van der Waals surface area contributed by atoms with Gasteiger partial charge in [-0.1, -0.05) is 18.2 Å². The van der Waals surface area contributed by atoms with E-state index in [-0.39, 0.29) is 5.54 Å². The first-order valence-corrected chi connectivity index (χ1v) is 6.23. The average Bonchev–Trinajstić information content (AvgIpc) is 2.34. The zero-order chi connectivity index (χ0) is 13.2. The van der Waals surface area contributed by atoms with Crippen molar-refractivity contribution < 1.29 is 5.11 Å². The molecule has 3 heteroatoms. The minimum absolute atomic E-state index is 0.00378. The number of aromatic nitrogens is 1. The quantitative estimate of drug-likeness (QED) is 0.872. The lowest BCUT2D eigenvalue weighted by Crippen LogP contribution is -2.38. The van der Waals surface area contributed by atoms with Crippen molar-refractivity contribution in [2.75, 3.05) is 6.54 Å². The Morgan fingerprint density at radius 2 is 2.06 bits per heavy atom. The number of rotatable bonds is 3. The molecule has 1 aromatic carbocycles. The summed E-state index contributed by atoms with van der Waals surface area (Å²) in [5, 5.41) is 15.7. The minimum Gasteiger partial charge on any atom is -0.387 e. The number of fused-ring (bicyclic) bond motifs is 1. The Bertz CT molecular complexity index is 526. The van der Waals surface area contributed by atoms with E-state index < -0.39 is 6.10 Å². The smallest absolute Gasteiger partial charge is 0.0921 e. The first kappa shape index (κ1) is 13.0. The predicted molar refractivity (Wildman–Crippen MR) is 74.5 cm³/mol. The van der Waals surface area contributed by atoms with Crippen LogP contribution < -0.4 is 5.32 Å². The number of aliphatic hydroxyl groups excluding tert-OH is 1. The van der Waals surface area contributed by atoms with Crippen LogP contribution in [0, 0.1) is 0 Å². The third-order valence-electron chi connectivity index (χ3n) is 2.90. The maximum atomic E-state index is 10.3. The topological polar surface area (TPSA) is 45.1 Å². The van der Waals surface area contributed by atoms with Crippen LogP contribution in [0.25, 0.3) is 10.8 Å². The van der Waals surface area contributed by atoms with Crippen molar-refractivity contribution in [1.29, 1.82) is 0 Å². The molecule has 2 rings (SSSR count). The Kier molecular flexibility index (Phi) is 3.64. The van der Waals surface area contributed by atoms with Gasteiger partial charge >= 0.3 is 0 Å². The molecule has 0 bridgehead atoms. The molecule has 0 saturated heterocycles. The van der Waals surface area contributed by atoms with Crippen molar-refractivity contribution in [1.82, 2.24) is 10.3 Å². The van der Waals surface area contributed by atoms with E-state index in [1.54, 1.807) is 6.20 Å². The van der Waals surface area contributed by atoms with Gasteiger partial charge in [-0.05, 0) is 37.8 Å². The second-order valence-corrected chi connectivity index (χ2v) is 5.59. The first-order chi connectivity index (χ1) is 8.47. The zero-order valence-corrected chi connectivity index (χ0v) is 11.1. The number of aliphatic hydroxyl groups is 1. The molecule has 2 N–H and O–H groups in total. The lowest BCUT2D eigenvalue weighted by Gasteiger charge is -2.23. The van der Waals surface area contributed by atoms with Crippen molar-refractivity contribution >= 4 is 10.8 Å².